The number of carbonyl (C=O) groups is 8. The summed E-state index contributed by atoms with van der Waals surface area (Å²) in [5, 5.41) is 42.5. The Labute approximate surface area is 331 Å². The van der Waals surface area contributed by atoms with Crippen molar-refractivity contribution < 1.29 is 53.7 Å². The Kier molecular flexibility index (Phi) is 22.1. The number of unbranched alkanes of at least 4 members (excludes halogenated alkanes) is 4. The molecule has 0 heterocycles. The fourth-order valence-electron chi connectivity index (χ4n) is 5.65. The van der Waals surface area contributed by atoms with Crippen molar-refractivity contribution in [1.29, 1.82) is 0 Å². The van der Waals surface area contributed by atoms with Crippen LogP contribution >= 0.6 is 0 Å². The van der Waals surface area contributed by atoms with Crippen molar-refractivity contribution in [2.24, 2.45) is 5.73 Å². The molecule has 4 atom stereocenters. The van der Waals surface area contributed by atoms with E-state index in [9.17, 15) is 43.5 Å². The second-order valence-electron chi connectivity index (χ2n) is 13.4. The summed E-state index contributed by atoms with van der Waals surface area (Å²) in [6.07, 6.45) is 2.62. The van der Waals surface area contributed by atoms with Crippen molar-refractivity contribution in [1.82, 2.24) is 31.9 Å². The van der Waals surface area contributed by atoms with Crippen LogP contribution in [0.1, 0.15) is 75.3 Å². The maximum Gasteiger partial charge on any atom is 0.326 e. The summed E-state index contributed by atoms with van der Waals surface area (Å²) in [4.78, 5) is 97.6. The van der Waals surface area contributed by atoms with Crippen LogP contribution in [0.2, 0.25) is 0 Å². The summed E-state index contributed by atoms with van der Waals surface area (Å²) < 4.78 is 0. The third-order valence-electron chi connectivity index (χ3n) is 8.71. The van der Waals surface area contributed by atoms with E-state index in [4.69, 9.17) is 15.9 Å². The minimum absolute atomic E-state index is 0.176. The molecule has 0 aromatic heterocycles. The molecule has 0 aliphatic heterocycles. The average Bonchev–Trinajstić information content (AvgIpc) is 3.18. The average molecular weight is 798 g/mol. The molecule has 11 N–H and O–H groups in total. The Morgan fingerprint density at radius 3 is 1.54 bits per heavy atom. The van der Waals surface area contributed by atoms with Gasteiger partial charge in [-0.25, -0.2) is 14.4 Å². The first-order chi connectivity index (χ1) is 27.3. The van der Waals surface area contributed by atoms with Gasteiger partial charge >= 0.3 is 23.9 Å². The van der Waals surface area contributed by atoms with Crippen molar-refractivity contribution >= 4 is 47.6 Å². The molecule has 0 spiro atoms. The summed E-state index contributed by atoms with van der Waals surface area (Å²) in [7, 11) is 0. The predicted octanol–water partition coefficient (Wildman–Crippen LogP) is 0.824. The van der Waals surface area contributed by atoms with Crippen molar-refractivity contribution in [3.8, 4) is 0 Å². The molecular weight excluding hydrogens is 742 g/mol. The fraction of sp³-hybridized carbons (Fsp3) is 0.487. The van der Waals surface area contributed by atoms with Crippen molar-refractivity contribution in [3.63, 3.8) is 0 Å². The lowest BCUT2D eigenvalue weighted by atomic mass is 10.0. The van der Waals surface area contributed by atoms with Crippen LogP contribution in [0.3, 0.4) is 0 Å². The zero-order valence-electron chi connectivity index (χ0n) is 31.9. The van der Waals surface area contributed by atoms with Crippen molar-refractivity contribution in [3.05, 3.63) is 71.8 Å². The van der Waals surface area contributed by atoms with Gasteiger partial charge in [0.05, 0.1) is 0 Å². The summed E-state index contributed by atoms with van der Waals surface area (Å²) in [5.74, 6) is -5.80. The first-order valence-corrected chi connectivity index (χ1v) is 19.0. The number of carbonyl (C=O) groups excluding carboxylic acids is 5. The van der Waals surface area contributed by atoms with Gasteiger partial charge in [0.1, 0.15) is 24.2 Å². The summed E-state index contributed by atoms with van der Waals surface area (Å²) in [6.45, 7) is 0.805. The zero-order valence-corrected chi connectivity index (χ0v) is 31.9. The van der Waals surface area contributed by atoms with Crippen LogP contribution in [-0.2, 0) is 46.4 Å². The van der Waals surface area contributed by atoms with Gasteiger partial charge in [-0.15, -0.1) is 0 Å². The Balaban J connectivity index is 1.77. The highest BCUT2D eigenvalue weighted by Crippen LogP contribution is 2.10. The summed E-state index contributed by atoms with van der Waals surface area (Å²) >= 11 is 0. The number of hydrogen-bond donors (Lipinski definition) is 10. The number of carboxylic acid groups (broad SMARTS) is 3. The van der Waals surface area contributed by atoms with Gasteiger partial charge in [-0.3, -0.25) is 24.0 Å². The summed E-state index contributed by atoms with van der Waals surface area (Å²) in [6, 6.07) is 12.5. The lowest BCUT2D eigenvalue weighted by Gasteiger charge is -2.23. The largest absolute Gasteiger partial charge is 0.481 e. The minimum atomic E-state index is -1.54. The monoisotopic (exact) mass is 797 g/mol. The highest BCUT2D eigenvalue weighted by molar-refractivity contribution is 5.92. The molecule has 2 aromatic rings. The van der Waals surface area contributed by atoms with E-state index in [1.54, 1.807) is 0 Å². The van der Waals surface area contributed by atoms with Crippen molar-refractivity contribution in [2.75, 3.05) is 19.6 Å². The molecule has 0 saturated heterocycles. The van der Waals surface area contributed by atoms with Crippen LogP contribution in [0.15, 0.2) is 60.7 Å². The van der Waals surface area contributed by atoms with E-state index in [-0.39, 0.29) is 57.0 Å². The number of carboxylic acids is 3. The lowest BCUT2D eigenvalue weighted by molar-refractivity contribution is -0.141. The standard InChI is InChI=1S/C39H55N7O11/c40-21-23-42-35(51)30(24-26-12-6-4-7-13-26)44-36(52)31(25-27-14-8-5-9-15-27)43-33(48)16-10-2-1-3-11-22-41-32(47)19-17-28(37(53)54)45-39(57)46-29(38(55)56)18-20-34(49)50/h4-9,12-15,28-31H,1-3,10-11,16-25,40H2,(H,41,47)(H,42,51)(H,43,48)(H,44,52)(H,49,50)(H,53,54)(H,55,56)(H2,45,46,57)/t28?,29?,30-,31-/m0/s1. The molecule has 6 amide bonds. The molecule has 2 rings (SSSR count). The minimum Gasteiger partial charge on any atom is -0.481 e. The maximum absolute atomic E-state index is 13.6. The summed E-state index contributed by atoms with van der Waals surface area (Å²) in [5.41, 5.74) is 7.25. The third kappa shape index (κ3) is 20.5. The second-order valence-corrected chi connectivity index (χ2v) is 13.4. The molecule has 2 aromatic carbocycles. The zero-order chi connectivity index (χ0) is 42.0. The number of hydrogen-bond acceptors (Lipinski definition) is 9. The van der Waals surface area contributed by atoms with Gasteiger partial charge in [-0.05, 0) is 36.8 Å². The molecule has 0 fully saturated rings. The molecule has 0 aliphatic rings. The van der Waals surface area contributed by atoms with Crippen LogP contribution < -0.4 is 37.6 Å². The van der Waals surface area contributed by atoms with Crippen LogP contribution in [0.5, 0.6) is 0 Å². The quantitative estimate of drug-likeness (QED) is 0.0536. The van der Waals surface area contributed by atoms with Gasteiger partial charge in [0.2, 0.25) is 23.6 Å². The van der Waals surface area contributed by atoms with E-state index in [0.29, 0.717) is 25.8 Å². The number of benzene rings is 2. The Hall–Kier alpha value is -6.04. The molecular formula is C39H55N7O11. The molecule has 0 saturated carbocycles. The van der Waals surface area contributed by atoms with Crippen LogP contribution in [0.4, 0.5) is 4.79 Å². The molecule has 312 valence electrons. The van der Waals surface area contributed by atoms with E-state index < -0.39 is 72.8 Å². The number of urea groups is 1. The number of amides is 6. The lowest BCUT2D eigenvalue weighted by Crippen LogP contribution is -2.55. The Morgan fingerprint density at radius 2 is 1.02 bits per heavy atom. The van der Waals surface area contributed by atoms with Crippen LogP contribution in [-0.4, -0.2) is 107 Å². The predicted molar refractivity (Wildman–Crippen MR) is 208 cm³/mol. The first-order valence-electron chi connectivity index (χ1n) is 19.0. The van der Waals surface area contributed by atoms with Crippen LogP contribution in [0, 0.1) is 0 Å². The van der Waals surface area contributed by atoms with Gasteiger partial charge in [0.15, 0.2) is 0 Å². The molecule has 57 heavy (non-hydrogen) atoms. The van der Waals surface area contributed by atoms with Crippen LogP contribution in [0.25, 0.3) is 0 Å². The number of nitrogens with two attached hydrogens (primary N) is 1. The van der Waals surface area contributed by atoms with E-state index in [2.05, 4.69) is 26.6 Å². The van der Waals surface area contributed by atoms with Gasteiger partial charge in [-0.2, -0.15) is 0 Å². The molecule has 18 nitrogen and oxygen atoms in total. The second kappa shape index (κ2) is 26.7. The third-order valence-corrected chi connectivity index (χ3v) is 8.71. The van der Waals surface area contributed by atoms with Gasteiger partial charge in [0.25, 0.3) is 0 Å². The van der Waals surface area contributed by atoms with Gasteiger partial charge in [-0.1, -0.05) is 79.9 Å². The Bertz CT molecular complexity index is 1610. The van der Waals surface area contributed by atoms with Crippen molar-refractivity contribution in [2.45, 2.75) is 101 Å². The molecule has 0 radical (unpaired) electrons. The maximum atomic E-state index is 13.6. The molecule has 18 heteroatoms. The molecule has 2 unspecified atom stereocenters. The van der Waals surface area contributed by atoms with E-state index in [1.165, 1.54) is 0 Å². The number of aliphatic carboxylic acids is 3. The number of rotatable bonds is 28. The topological polar surface area (TPSA) is 295 Å². The smallest absolute Gasteiger partial charge is 0.326 e. The van der Waals surface area contributed by atoms with E-state index >= 15 is 0 Å². The fourth-order valence-corrected chi connectivity index (χ4v) is 5.65. The number of nitrogens with one attached hydrogen (secondary N) is 6. The Morgan fingerprint density at radius 1 is 0.509 bits per heavy atom. The van der Waals surface area contributed by atoms with Gasteiger partial charge in [0, 0.05) is 51.7 Å². The highest BCUT2D eigenvalue weighted by atomic mass is 16.4. The van der Waals surface area contributed by atoms with E-state index in [0.717, 1.165) is 24.0 Å². The molecule has 0 aliphatic carbocycles. The normalized spacial score (nSPS) is 12.8. The van der Waals surface area contributed by atoms with E-state index in [1.807, 2.05) is 66.0 Å². The highest BCUT2D eigenvalue weighted by Gasteiger charge is 2.28. The first kappa shape index (κ1) is 47.1. The SMILES string of the molecule is NCCNC(=O)[C@H](Cc1ccccc1)NC(=O)[C@H](Cc1ccccc1)NC(=O)CCCCCCCNC(=O)CCC(NC(=O)NC(CCC(=O)O)C(=O)O)C(=O)O. The van der Waals surface area contributed by atoms with Gasteiger partial charge < -0.3 is 53.0 Å². The molecule has 0 bridgehead atoms.